The molecule has 1 spiro atoms. The molecule has 3 atom stereocenters. The number of imide groups is 1. The standard InChI is InChI=1S/C20H21N3O3S/c1-26-13-7-5-12(6-8-13)23-18(24)15-16(19(23)25)27-17(22)14(11-21)20(15)9-3-2-4-10-20/h5-8,14-16,22H,2-4,9-10H2,1H3/t14?,15-,16+/m1/s1. The van der Waals surface area contributed by atoms with Crippen LogP contribution >= 0.6 is 11.8 Å². The summed E-state index contributed by atoms with van der Waals surface area (Å²) in [7, 11) is 1.56. The minimum atomic E-state index is -0.602. The van der Waals surface area contributed by atoms with Gasteiger partial charge >= 0.3 is 0 Å². The Morgan fingerprint density at radius 3 is 2.44 bits per heavy atom. The maximum atomic E-state index is 13.4. The van der Waals surface area contributed by atoms with Crippen molar-refractivity contribution in [3.8, 4) is 11.8 Å². The van der Waals surface area contributed by atoms with Crippen LogP contribution in [0.3, 0.4) is 0 Å². The van der Waals surface area contributed by atoms with Crippen molar-refractivity contribution in [2.45, 2.75) is 37.4 Å². The van der Waals surface area contributed by atoms with Crippen molar-refractivity contribution >= 4 is 34.3 Å². The van der Waals surface area contributed by atoms with Crippen LogP contribution in [0.4, 0.5) is 5.69 Å². The summed E-state index contributed by atoms with van der Waals surface area (Å²) in [6.45, 7) is 0. The first kappa shape index (κ1) is 18.1. The van der Waals surface area contributed by atoms with Crippen LogP contribution in [0, 0.1) is 34.0 Å². The van der Waals surface area contributed by atoms with Crippen LogP contribution < -0.4 is 9.64 Å². The van der Waals surface area contributed by atoms with Crippen molar-refractivity contribution in [2.75, 3.05) is 12.0 Å². The van der Waals surface area contributed by atoms with Crippen molar-refractivity contribution in [3.63, 3.8) is 0 Å². The molecule has 4 rings (SSSR count). The lowest BCUT2D eigenvalue weighted by Crippen LogP contribution is -2.51. The highest BCUT2D eigenvalue weighted by atomic mass is 32.2. The molecule has 0 radical (unpaired) electrons. The van der Waals surface area contributed by atoms with Gasteiger partial charge in [0.2, 0.25) is 11.8 Å². The van der Waals surface area contributed by atoms with Crippen LogP contribution in [-0.4, -0.2) is 29.2 Å². The zero-order valence-electron chi connectivity index (χ0n) is 15.1. The molecule has 1 N–H and O–H groups in total. The summed E-state index contributed by atoms with van der Waals surface area (Å²) >= 11 is 1.10. The molecule has 0 aromatic heterocycles. The number of methoxy groups -OCH3 is 1. The third kappa shape index (κ3) is 2.58. The van der Waals surface area contributed by atoms with Gasteiger partial charge in [0, 0.05) is 5.41 Å². The van der Waals surface area contributed by atoms with Crippen molar-refractivity contribution < 1.29 is 14.3 Å². The number of nitrogens with one attached hydrogen (secondary N) is 1. The van der Waals surface area contributed by atoms with Crippen LogP contribution in [0.15, 0.2) is 24.3 Å². The van der Waals surface area contributed by atoms with Crippen molar-refractivity contribution in [1.82, 2.24) is 0 Å². The fourth-order valence-corrected chi connectivity index (χ4v) is 6.37. The minimum absolute atomic E-state index is 0.225. The Labute approximate surface area is 162 Å². The molecule has 1 saturated carbocycles. The smallest absolute Gasteiger partial charge is 0.248 e. The maximum absolute atomic E-state index is 13.4. The Kier molecular flexibility index (Phi) is 4.47. The van der Waals surface area contributed by atoms with Crippen LogP contribution in [0.1, 0.15) is 32.1 Å². The van der Waals surface area contributed by atoms with Gasteiger partial charge < -0.3 is 4.74 Å². The van der Waals surface area contributed by atoms with Gasteiger partial charge in [-0.25, -0.2) is 4.90 Å². The Bertz CT molecular complexity index is 839. The zero-order chi connectivity index (χ0) is 19.2. The molecule has 1 aromatic rings. The highest BCUT2D eigenvalue weighted by molar-refractivity contribution is 8.15. The molecule has 27 heavy (non-hydrogen) atoms. The molecule has 3 aliphatic rings. The number of benzene rings is 1. The molecule has 140 valence electrons. The van der Waals surface area contributed by atoms with Gasteiger partial charge in [-0.2, -0.15) is 5.26 Å². The number of nitriles is 1. The molecule has 1 aliphatic carbocycles. The van der Waals surface area contributed by atoms with E-state index < -0.39 is 22.5 Å². The largest absolute Gasteiger partial charge is 0.497 e. The fraction of sp³-hybridized carbons (Fsp3) is 0.500. The predicted molar refractivity (Wildman–Crippen MR) is 103 cm³/mol. The number of nitrogens with zero attached hydrogens (tertiary/aromatic N) is 2. The van der Waals surface area contributed by atoms with Crippen molar-refractivity contribution in [1.29, 1.82) is 10.7 Å². The van der Waals surface area contributed by atoms with E-state index in [1.807, 2.05) is 0 Å². The first-order valence-electron chi connectivity index (χ1n) is 9.20. The van der Waals surface area contributed by atoms with E-state index in [-0.39, 0.29) is 16.9 Å². The molecule has 2 amide bonds. The number of amides is 2. The number of carbonyl (C=O) groups is 2. The van der Waals surface area contributed by atoms with Crippen molar-refractivity contribution in [3.05, 3.63) is 24.3 Å². The second kappa shape index (κ2) is 6.68. The molecule has 2 aliphatic heterocycles. The average Bonchev–Trinajstić information content (AvgIpc) is 2.93. The van der Waals surface area contributed by atoms with Gasteiger partial charge in [-0.15, -0.1) is 0 Å². The maximum Gasteiger partial charge on any atom is 0.248 e. The number of ether oxygens (including phenoxy) is 1. The number of carbonyl (C=O) groups excluding carboxylic acids is 2. The van der Waals surface area contributed by atoms with Gasteiger partial charge in [0.25, 0.3) is 0 Å². The fourth-order valence-electron chi connectivity index (χ4n) is 4.94. The highest BCUT2D eigenvalue weighted by Gasteiger charge is 2.64. The number of thioether (sulfide) groups is 1. The van der Waals surface area contributed by atoms with E-state index in [4.69, 9.17) is 10.1 Å². The van der Waals surface area contributed by atoms with E-state index in [2.05, 4.69) is 6.07 Å². The SMILES string of the molecule is COc1ccc(N2C(=O)[C@H]3SC(=N)C(C#N)C4(CCCCC4)[C@H]3C2=O)cc1. The summed E-state index contributed by atoms with van der Waals surface area (Å²) in [5.74, 6) is -0.976. The molecule has 2 heterocycles. The molecule has 6 nitrogen and oxygen atoms in total. The predicted octanol–water partition coefficient (Wildman–Crippen LogP) is 3.37. The quantitative estimate of drug-likeness (QED) is 0.790. The van der Waals surface area contributed by atoms with E-state index in [0.717, 1.165) is 43.9 Å². The normalized spacial score (nSPS) is 29.6. The number of rotatable bonds is 2. The second-order valence-electron chi connectivity index (χ2n) is 7.45. The van der Waals surface area contributed by atoms with Gasteiger partial charge in [0.05, 0.1) is 29.8 Å². The van der Waals surface area contributed by atoms with E-state index in [0.29, 0.717) is 11.4 Å². The lowest BCUT2D eigenvalue weighted by Gasteiger charge is -2.48. The van der Waals surface area contributed by atoms with Crippen LogP contribution in [-0.2, 0) is 9.59 Å². The van der Waals surface area contributed by atoms with Crippen molar-refractivity contribution in [2.24, 2.45) is 17.3 Å². The molecule has 1 aromatic carbocycles. The zero-order valence-corrected chi connectivity index (χ0v) is 15.9. The molecule has 7 heteroatoms. The van der Waals surface area contributed by atoms with Crippen LogP contribution in [0.25, 0.3) is 0 Å². The lowest BCUT2D eigenvalue weighted by atomic mass is 9.58. The highest BCUT2D eigenvalue weighted by Crippen LogP contribution is 2.59. The second-order valence-corrected chi connectivity index (χ2v) is 8.63. The molecule has 0 bridgehead atoms. The molecule has 3 fully saturated rings. The number of hydrogen-bond donors (Lipinski definition) is 1. The Morgan fingerprint density at radius 2 is 1.85 bits per heavy atom. The third-order valence-electron chi connectivity index (χ3n) is 6.21. The molecule has 1 unspecified atom stereocenters. The summed E-state index contributed by atoms with van der Waals surface area (Å²) in [5.41, 5.74) is -0.0691. The molecule has 2 saturated heterocycles. The molecular formula is C20H21N3O3S. The summed E-state index contributed by atoms with van der Waals surface area (Å²) in [6, 6.07) is 9.15. The summed E-state index contributed by atoms with van der Waals surface area (Å²) in [6.07, 6.45) is 4.39. The van der Waals surface area contributed by atoms with Gasteiger partial charge in [-0.3, -0.25) is 15.0 Å². The van der Waals surface area contributed by atoms with Gasteiger partial charge in [0.15, 0.2) is 0 Å². The summed E-state index contributed by atoms with van der Waals surface area (Å²) in [4.78, 5) is 27.8. The van der Waals surface area contributed by atoms with Crippen LogP contribution in [0.2, 0.25) is 0 Å². The number of fused-ring (bicyclic) bond motifs is 2. The Morgan fingerprint density at radius 1 is 1.19 bits per heavy atom. The number of anilines is 1. The van der Waals surface area contributed by atoms with E-state index in [9.17, 15) is 14.9 Å². The van der Waals surface area contributed by atoms with E-state index in [1.54, 1.807) is 31.4 Å². The van der Waals surface area contributed by atoms with E-state index in [1.165, 1.54) is 4.90 Å². The average molecular weight is 383 g/mol. The van der Waals surface area contributed by atoms with Crippen LogP contribution in [0.5, 0.6) is 5.75 Å². The monoisotopic (exact) mass is 383 g/mol. The lowest BCUT2D eigenvalue weighted by molar-refractivity contribution is -0.125. The Hall–Kier alpha value is -2.33. The minimum Gasteiger partial charge on any atom is -0.497 e. The summed E-state index contributed by atoms with van der Waals surface area (Å²) in [5, 5.41) is 17.8. The first-order chi connectivity index (χ1) is 13.0. The first-order valence-corrected chi connectivity index (χ1v) is 10.1. The van der Waals surface area contributed by atoms with Gasteiger partial charge in [-0.05, 0) is 37.1 Å². The topological polar surface area (TPSA) is 94.2 Å². The van der Waals surface area contributed by atoms with Gasteiger partial charge in [0.1, 0.15) is 16.9 Å². The van der Waals surface area contributed by atoms with E-state index >= 15 is 0 Å². The Balaban J connectivity index is 1.77. The molecular weight excluding hydrogens is 362 g/mol. The third-order valence-corrected chi connectivity index (χ3v) is 7.42. The summed E-state index contributed by atoms with van der Waals surface area (Å²) < 4.78 is 5.16. The van der Waals surface area contributed by atoms with Gasteiger partial charge in [-0.1, -0.05) is 31.0 Å². The number of hydrogen-bond acceptors (Lipinski definition) is 6.